The van der Waals surface area contributed by atoms with Gasteiger partial charge in [0.15, 0.2) is 0 Å². The van der Waals surface area contributed by atoms with Crippen molar-refractivity contribution in [2.75, 3.05) is 41.3 Å². The molecular weight excluding hydrogens is 176 g/mol. The Kier molecular flexibility index (Phi) is 5.84. The summed E-state index contributed by atoms with van der Waals surface area (Å²) in [7, 11) is 7.74. The molecule has 13 heavy (non-hydrogen) atoms. The third kappa shape index (κ3) is 8.47. The van der Waals surface area contributed by atoms with E-state index in [1.807, 2.05) is 0 Å². The monoisotopic (exact) mass is 202 g/mol. The summed E-state index contributed by atoms with van der Waals surface area (Å²) < 4.78 is 0. The summed E-state index contributed by atoms with van der Waals surface area (Å²) in [5, 5.41) is 0. The number of hydrogen-bond donors (Lipinski definition) is 0. The standard InChI is InChI=1S/C10H26N2Si/c1-11(2)7-9-13(5,6)10-8-12(3)4/h7-10H2,1-6H3. The number of nitrogens with zero attached hydrogens (tertiary/aromatic N) is 2. The van der Waals surface area contributed by atoms with Gasteiger partial charge in [-0.3, -0.25) is 0 Å². The lowest BCUT2D eigenvalue weighted by atomic mass is 10.7. The molecule has 0 saturated heterocycles. The Labute approximate surface area is 84.9 Å². The van der Waals surface area contributed by atoms with Crippen molar-refractivity contribution in [1.82, 2.24) is 9.80 Å². The Morgan fingerprint density at radius 2 is 1.08 bits per heavy atom. The molecule has 0 amide bonds. The quantitative estimate of drug-likeness (QED) is 0.606. The minimum absolute atomic E-state index is 0.912. The van der Waals surface area contributed by atoms with Crippen LogP contribution in [0.3, 0.4) is 0 Å². The molecule has 0 fully saturated rings. The largest absolute Gasteiger partial charge is 0.310 e. The molecule has 0 aliphatic carbocycles. The van der Waals surface area contributed by atoms with Gasteiger partial charge in [-0.2, -0.15) is 0 Å². The maximum atomic E-state index is 2.50. The number of hydrogen-bond acceptors (Lipinski definition) is 2. The molecule has 3 heteroatoms. The fourth-order valence-corrected chi connectivity index (χ4v) is 3.53. The van der Waals surface area contributed by atoms with Crippen LogP contribution in [0.15, 0.2) is 0 Å². The summed E-state index contributed by atoms with van der Waals surface area (Å²) in [4.78, 5) is 4.59. The first-order chi connectivity index (χ1) is 5.83. The van der Waals surface area contributed by atoms with Gasteiger partial charge in [-0.05, 0) is 53.4 Å². The molecule has 0 unspecified atom stereocenters. The molecule has 2 nitrogen and oxygen atoms in total. The summed E-state index contributed by atoms with van der Waals surface area (Å²) in [6, 6.07) is 2.85. The molecule has 0 aromatic carbocycles. The van der Waals surface area contributed by atoms with Crippen LogP contribution in [0.4, 0.5) is 0 Å². The normalized spacial score (nSPS) is 12.9. The molecule has 0 spiro atoms. The van der Waals surface area contributed by atoms with Crippen LogP contribution >= 0.6 is 0 Å². The van der Waals surface area contributed by atoms with Gasteiger partial charge in [0.25, 0.3) is 0 Å². The molecule has 0 atom stereocenters. The second-order valence-electron chi connectivity index (χ2n) is 5.27. The maximum absolute atomic E-state index is 2.50. The van der Waals surface area contributed by atoms with Gasteiger partial charge < -0.3 is 9.80 Å². The van der Waals surface area contributed by atoms with Gasteiger partial charge in [0.1, 0.15) is 0 Å². The van der Waals surface area contributed by atoms with E-state index in [1.165, 1.54) is 25.2 Å². The summed E-state index contributed by atoms with van der Waals surface area (Å²) in [6.45, 7) is 7.51. The van der Waals surface area contributed by atoms with Crippen molar-refractivity contribution in [3.05, 3.63) is 0 Å². The maximum Gasteiger partial charge on any atom is 0.0498 e. The van der Waals surface area contributed by atoms with Crippen molar-refractivity contribution in [1.29, 1.82) is 0 Å². The average Bonchev–Trinajstić information content (AvgIpc) is 1.98. The van der Waals surface area contributed by atoms with Crippen molar-refractivity contribution in [3.63, 3.8) is 0 Å². The minimum Gasteiger partial charge on any atom is -0.310 e. The Morgan fingerprint density at radius 3 is 1.31 bits per heavy atom. The van der Waals surface area contributed by atoms with Crippen LogP contribution in [0.25, 0.3) is 0 Å². The van der Waals surface area contributed by atoms with Crippen molar-refractivity contribution < 1.29 is 0 Å². The van der Waals surface area contributed by atoms with Gasteiger partial charge in [-0.1, -0.05) is 13.1 Å². The van der Waals surface area contributed by atoms with Gasteiger partial charge in [0.05, 0.1) is 0 Å². The smallest absolute Gasteiger partial charge is 0.0498 e. The Balaban J connectivity index is 3.66. The molecule has 0 saturated carbocycles. The predicted octanol–water partition coefficient (Wildman–Crippen LogP) is 1.82. The molecule has 0 aliphatic heterocycles. The van der Waals surface area contributed by atoms with Gasteiger partial charge in [-0.25, -0.2) is 0 Å². The number of rotatable bonds is 6. The molecule has 0 aromatic rings. The van der Waals surface area contributed by atoms with E-state index >= 15 is 0 Å². The summed E-state index contributed by atoms with van der Waals surface area (Å²) in [5.74, 6) is 0. The molecule has 0 bridgehead atoms. The fraction of sp³-hybridized carbons (Fsp3) is 1.00. The summed E-state index contributed by atoms with van der Waals surface area (Å²) >= 11 is 0. The van der Waals surface area contributed by atoms with Gasteiger partial charge in [-0.15, -0.1) is 0 Å². The van der Waals surface area contributed by atoms with Crippen LogP contribution in [0.5, 0.6) is 0 Å². The molecule has 0 aromatic heterocycles. The van der Waals surface area contributed by atoms with Crippen molar-refractivity contribution in [2.24, 2.45) is 0 Å². The van der Waals surface area contributed by atoms with E-state index in [9.17, 15) is 0 Å². The van der Waals surface area contributed by atoms with E-state index in [1.54, 1.807) is 0 Å². The second-order valence-corrected chi connectivity index (χ2v) is 10.6. The Bertz CT molecular complexity index is 119. The topological polar surface area (TPSA) is 6.48 Å². The van der Waals surface area contributed by atoms with Crippen LogP contribution in [0.2, 0.25) is 25.2 Å². The van der Waals surface area contributed by atoms with Crippen LogP contribution in [0, 0.1) is 0 Å². The highest BCUT2D eigenvalue weighted by atomic mass is 28.3. The molecule has 0 N–H and O–H groups in total. The highest BCUT2D eigenvalue weighted by Crippen LogP contribution is 2.15. The SMILES string of the molecule is CN(C)CC[Si](C)(C)CCN(C)C. The average molecular weight is 202 g/mol. The van der Waals surface area contributed by atoms with E-state index in [0.29, 0.717) is 0 Å². The third-order valence-corrected chi connectivity index (χ3v) is 5.63. The second kappa shape index (κ2) is 5.78. The minimum atomic E-state index is -0.912. The van der Waals surface area contributed by atoms with E-state index < -0.39 is 8.07 Å². The van der Waals surface area contributed by atoms with Gasteiger partial charge in [0, 0.05) is 8.07 Å². The summed E-state index contributed by atoms with van der Waals surface area (Å²) in [5.41, 5.74) is 0. The molecule has 0 radical (unpaired) electrons. The lowest BCUT2D eigenvalue weighted by Gasteiger charge is -2.25. The summed E-state index contributed by atoms with van der Waals surface area (Å²) in [6.07, 6.45) is 0. The van der Waals surface area contributed by atoms with Crippen molar-refractivity contribution >= 4 is 8.07 Å². The van der Waals surface area contributed by atoms with Gasteiger partial charge in [0.2, 0.25) is 0 Å². The lowest BCUT2D eigenvalue weighted by Crippen LogP contribution is -2.33. The van der Waals surface area contributed by atoms with Crippen LogP contribution in [-0.4, -0.2) is 59.2 Å². The highest BCUT2D eigenvalue weighted by molar-refractivity contribution is 6.77. The van der Waals surface area contributed by atoms with Crippen molar-refractivity contribution in [2.45, 2.75) is 25.2 Å². The van der Waals surface area contributed by atoms with E-state index in [0.717, 1.165) is 0 Å². The first-order valence-electron chi connectivity index (χ1n) is 5.13. The molecule has 0 aliphatic rings. The van der Waals surface area contributed by atoms with Crippen LogP contribution in [-0.2, 0) is 0 Å². The zero-order chi connectivity index (χ0) is 10.5. The van der Waals surface area contributed by atoms with E-state index in [2.05, 4.69) is 51.1 Å². The Morgan fingerprint density at radius 1 is 0.769 bits per heavy atom. The fourth-order valence-electron chi connectivity index (χ4n) is 1.18. The Hall–Kier alpha value is 0.137. The molecule has 0 heterocycles. The predicted molar refractivity (Wildman–Crippen MR) is 64.2 cm³/mol. The molecule has 80 valence electrons. The van der Waals surface area contributed by atoms with E-state index in [-0.39, 0.29) is 0 Å². The zero-order valence-electron chi connectivity index (χ0n) is 10.2. The molecule has 0 rings (SSSR count). The van der Waals surface area contributed by atoms with E-state index in [4.69, 9.17) is 0 Å². The first-order valence-corrected chi connectivity index (χ1v) is 8.54. The third-order valence-electron chi connectivity index (χ3n) is 2.47. The van der Waals surface area contributed by atoms with Gasteiger partial charge >= 0.3 is 0 Å². The highest BCUT2D eigenvalue weighted by Gasteiger charge is 2.20. The zero-order valence-corrected chi connectivity index (χ0v) is 11.2. The first kappa shape index (κ1) is 13.1. The van der Waals surface area contributed by atoms with Crippen LogP contribution in [0.1, 0.15) is 0 Å². The lowest BCUT2D eigenvalue weighted by molar-refractivity contribution is 0.422. The van der Waals surface area contributed by atoms with Crippen LogP contribution < -0.4 is 0 Å². The van der Waals surface area contributed by atoms with Crippen molar-refractivity contribution in [3.8, 4) is 0 Å². The molecular formula is C10H26N2Si.